The molecule has 0 N–H and O–H groups in total. The van der Waals surface area contributed by atoms with Crippen LogP contribution in [0.1, 0.15) is 29.3 Å². The second-order valence-corrected chi connectivity index (χ2v) is 6.88. The summed E-state index contributed by atoms with van der Waals surface area (Å²) in [5.41, 5.74) is 1.70. The number of benzene rings is 1. The average Bonchev–Trinajstić information content (AvgIpc) is 3.06. The van der Waals surface area contributed by atoms with Gasteiger partial charge in [-0.1, -0.05) is 12.1 Å². The molecule has 0 aliphatic carbocycles. The highest BCUT2D eigenvalue weighted by Crippen LogP contribution is 2.34. The summed E-state index contributed by atoms with van der Waals surface area (Å²) in [6, 6.07) is 14.2. The maximum atomic E-state index is 8.89. The number of aromatic nitrogens is 2. The molecular weight excluding hydrogens is 304 g/mol. The van der Waals surface area contributed by atoms with Gasteiger partial charge in [-0.05, 0) is 37.1 Å². The van der Waals surface area contributed by atoms with Crippen LogP contribution >= 0.6 is 11.3 Å². The molecule has 1 saturated heterocycles. The Morgan fingerprint density at radius 2 is 2.13 bits per heavy atom. The van der Waals surface area contributed by atoms with Gasteiger partial charge in [-0.3, -0.25) is 0 Å². The largest absolute Gasteiger partial charge is 0.356 e. The van der Waals surface area contributed by atoms with Crippen LogP contribution < -0.4 is 4.90 Å². The zero-order chi connectivity index (χ0) is 15.6. The zero-order valence-corrected chi connectivity index (χ0v) is 13.5. The normalized spacial score (nSPS) is 18.0. The quantitative estimate of drug-likeness (QED) is 0.717. The van der Waals surface area contributed by atoms with E-state index < -0.39 is 0 Å². The minimum atomic E-state index is 0.457. The van der Waals surface area contributed by atoms with Crippen LogP contribution in [0.5, 0.6) is 0 Å². The molecule has 1 aliphatic heterocycles. The monoisotopic (exact) mass is 320 g/mol. The second-order valence-electron chi connectivity index (χ2n) is 5.82. The van der Waals surface area contributed by atoms with Crippen molar-refractivity contribution in [3.05, 3.63) is 53.2 Å². The Labute approximate surface area is 139 Å². The van der Waals surface area contributed by atoms with Crippen molar-refractivity contribution in [3.63, 3.8) is 0 Å². The van der Waals surface area contributed by atoms with Crippen molar-refractivity contribution in [2.45, 2.75) is 18.8 Å². The number of hydrogen-bond donors (Lipinski definition) is 0. The molecule has 1 aromatic carbocycles. The molecule has 0 amide bonds. The van der Waals surface area contributed by atoms with E-state index in [0.717, 1.165) is 30.8 Å². The number of rotatable bonds is 2. The number of fused-ring (bicyclic) bond motifs is 1. The molecule has 3 heterocycles. The van der Waals surface area contributed by atoms with E-state index >= 15 is 0 Å². The molecule has 2 aromatic heterocycles. The Morgan fingerprint density at radius 1 is 1.22 bits per heavy atom. The molecule has 1 atom stereocenters. The fourth-order valence-corrected chi connectivity index (χ4v) is 4.18. The van der Waals surface area contributed by atoms with Crippen LogP contribution in [0.3, 0.4) is 0 Å². The number of nitriles is 1. The van der Waals surface area contributed by atoms with E-state index in [0.29, 0.717) is 11.5 Å². The summed E-state index contributed by atoms with van der Waals surface area (Å²) in [6.45, 7) is 1.96. The summed E-state index contributed by atoms with van der Waals surface area (Å²) in [6.07, 6.45) is 3.96. The van der Waals surface area contributed by atoms with Gasteiger partial charge in [0.05, 0.1) is 20.8 Å². The number of piperidine rings is 1. The van der Waals surface area contributed by atoms with E-state index in [1.165, 1.54) is 16.1 Å². The average molecular weight is 320 g/mol. The van der Waals surface area contributed by atoms with E-state index in [4.69, 9.17) is 10.2 Å². The summed E-state index contributed by atoms with van der Waals surface area (Å²) in [5, 5.41) is 10.1. The zero-order valence-electron chi connectivity index (χ0n) is 12.6. The highest BCUT2D eigenvalue weighted by molar-refractivity contribution is 7.18. The smallest absolute Gasteiger partial charge is 0.128 e. The Morgan fingerprint density at radius 3 is 2.91 bits per heavy atom. The molecule has 4 nitrogen and oxygen atoms in total. The summed E-state index contributed by atoms with van der Waals surface area (Å²) in [4.78, 5) is 11.6. The Kier molecular flexibility index (Phi) is 3.68. The number of pyridine rings is 1. The molecule has 0 saturated carbocycles. The molecule has 5 heteroatoms. The summed E-state index contributed by atoms with van der Waals surface area (Å²) < 4.78 is 1.26. The maximum Gasteiger partial charge on any atom is 0.128 e. The van der Waals surface area contributed by atoms with Crippen molar-refractivity contribution in [2.24, 2.45) is 0 Å². The Hall–Kier alpha value is -2.45. The van der Waals surface area contributed by atoms with Crippen molar-refractivity contribution < 1.29 is 0 Å². The fourth-order valence-electron chi connectivity index (χ4n) is 3.09. The predicted molar refractivity (Wildman–Crippen MR) is 92.8 cm³/mol. The molecule has 0 bridgehead atoms. The third-order valence-corrected chi connectivity index (χ3v) is 5.48. The lowest BCUT2D eigenvalue weighted by Gasteiger charge is -2.32. The predicted octanol–water partition coefficient (Wildman–Crippen LogP) is 3.95. The van der Waals surface area contributed by atoms with Crippen molar-refractivity contribution in [1.29, 1.82) is 5.26 Å². The summed E-state index contributed by atoms with van der Waals surface area (Å²) >= 11 is 1.81. The van der Waals surface area contributed by atoms with Crippen LogP contribution in [0.4, 0.5) is 5.82 Å². The van der Waals surface area contributed by atoms with Crippen molar-refractivity contribution in [2.75, 3.05) is 18.0 Å². The van der Waals surface area contributed by atoms with Crippen molar-refractivity contribution in [1.82, 2.24) is 9.97 Å². The highest BCUT2D eigenvalue weighted by atomic mass is 32.1. The number of para-hydroxylation sites is 1. The first kappa shape index (κ1) is 14.2. The van der Waals surface area contributed by atoms with Gasteiger partial charge in [-0.15, -0.1) is 11.3 Å². The molecule has 1 fully saturated rings. The van der Waals surface area contributed by atoms with Gasteiger partial charge in [0, 0.05) is 25.2 Å². The Balaban J connectivity index is 1.57. The summed E-state index contributed by atoms with van der Waals surface area (Å²) in [7, 11) is 0. The number of anilines is 1. The van der Waals surface area contributed by atoms with E-state index in [1.807, 2.05) is 18.2 Å². The minimum absolute atomic E-state index is 0.457. The van der Waals surface area contributed by atoms with Crippen LogP contribution in [0, 0.1) is 11.3 Å². The van der Waals surface area contributed by atoms with E-state index in [9.17, 15) is 0 Å². The Bertz CT molecular complexity index is 830. The second kappa shape index (κ2) is 5.98. The number of thiazole rings is 1. The first-order valence-electron chi connectivity index (χ1n) is 7.80. The molecule has 0 radical (unpaired) electrons. The van der Waals surface area contributed by atoms with Crippen molar-refractivity contribution >= 4 is 27.4 Å². The third kappa shape index (κ3) is 2.78. The lowest BCUT2D eigenvalue weighted by atomic mass is 9.98. The van der Waals surface area contributed by atoms with Gasteiger partial charge >= 0.3 is 0 Å². The van der Waals surface area contributed by atoms with Crippen LogP contribution in [0.2, 0.25) is 0 Å². The van der Waals surface area contributed by atoms with Gasteiger partial charge in [0.15, 0.2) is 0 Å². The summed E-state index contributed by atoms with van der Waals surface area (Å²) in [5.74, 6) is 1.41. The van der Waals surface area contributed by atoms with E-state index in [-0.39, 0.29) is 0 Å². The topological polar surface area (TPSA) is 52.8 Å². The van der Waals surface area contributed by atoms with E-state index in [1.54, 1.807) is 17.5 Å². The van der Waals surface area contributed by atoms with Gasteiger partial charge in [-0.2, -0.15) is 5.26 Å². The van der Waals surface area contributed by atoms with Crippen LogP contribution in [0.25, 0.3) is 10.2 Å². The van der Waals surface area contributed by atoms with Gasteiger partial charge < -0.3 is 4.90 Å². The van der Waals surface area contributed by atoms with E-state index in [2.05, 4.69) is 34.2 Å². The first-order valence-corrected chi connectivity index (χ1v) is 8.62. The van der Waals surface area contributed by atoms with Crippen LogP contribution in [-0.4, -0.2) is 23.1 Å². The molecular formula is C18H16N4S. The molecule has 1 aliphatic rings. The molecule has 23 heavy (non-hydrogen) atoms. The fraction of sp³-hybridized carbons (Fsp3) is 0.278. The molecule has 114 valence electrons. The molecule has 1 unspecified atom stereocenters. The SMILES string of the molecule is N#Cc1ccc(N2CCCC(c3nc4ccccc4s3)C2)nc1. The van der Waals surface area contributed by atoms with Gasteiger partial charge in [-0.25, -0.2) is 9.97 Å². The molecule has 0 spiro atoms. The standard InChI is InChI=1S/C18H16N4S/c19-10-13-7-8-17(20-11-13)22-9-3-4-14(12-22)18-21-15-5-1-2-6-16(15)23-18/h1-2,5-8,11,14H,3-4,9,12H2. The lowest BCUT2D eigenvalue weighted by molar-refractivity contribution is 0.506. The maximum absolute atomic E-state index is 8.89. The molecule has 4 rings (SSSR count). The van der Waals surface area contributed by atoms with Crippen LogP contribution in [-0.2, 0) is 0 Å². The van der Waals surface area contributed by atoms with Crippen molar-refractivity contribution in [3.8, 4) is 6.07 Å². The lowest BCUT2D eigenvalue weighted by Crippen LogP contribution is -2.34. The third-order valence-electron chi connectivity index (χ3n) is 4.28. The van der Waals surface area contributed by atoms with Gasteiger partial charge in [0.2, 0.25) is 0 Å². The van der Waals surface area contributed by atoms with Gasteiger partial charge in [0.25, 0.3) is 0 Å². The highest BCUT2D eigenvalue weighted by Gasteiger charge is 2.24. The number of nitrogens with zero attached hydrogens (tertiary/aromatic N) is 4. The first-order chi connectivity index (χ1) is 11.3. The molecule has 3 aromatic rings. The van der Waals surface area contributed by atoms with Crippen LogP contribution in [0.15, 0.2) is 42.6 Å². The minimum Gasteiger partial charge on any atom is -0.356 e. The number of hydrogen-bond acceptors (Lipinski definition) is 5. The van der Waals surface area contributed by atoms with Gasteiger partial charge in [0.1, 0.15) is 11.9 Å².